The van der Waals surface area contributed by atoms with E-state index >= 15 is 0 Å². The molecular weight excluding hydrogens is 342 g/mol. The molecule has 0 spiro atoms. The lowest BCUT2D eigenvalue weighted by molar-refractivity contribution is -0.124. The van der Waals surface area contributed by atoms with Crippen molar-refractivity contribution >= 4 is 23.2 Å². The fourth-order valence-electron chi connectivity index (χ4n) is 2.18. The zero-order valence-electron chi connectivity index (χ0n) is 14.4. The van der Waals surface area contributed by atoms with Crippen LogP contribution in [0.2, 0.25) is 0 Å². The molecule has 0 aliphatic heterocycles. The maximum atomic E-state index is 12.1. The predicted molar refractivity (Wildman–Crippen MR) is 95.3 cm³/mol. The van der Waals surface area contributed by atoms with Gasteiger partial charge in [0.2, 0.25) is 0 Å². The standard InChI is InChI=1S/C18H21NO5S/c1-4-23-14-8-7-13(10-15(14)22-3)18(21)24-11-17(20)19-12(2)16-6-5-9-25-16/h5-10,12H,4,11H2,1-3H3,(H,19,20). The summed E-state index contributed by atoms with van der Waals surface area (Å²) in [6.07, 6.45) is 0. The molecule has 6 nitrogen and oxygen atoms in total. The van der Waals surface area contributed by atoms with Gasteiger partial charge in [-0.1, -0.05) is 6.07 Å². The minimum Gasteiger partial charge on any atom is -0.493 e. The Morgan fingerprint density at radius 3 is 2.68 bits per heavy atom. The van der Waals surface area contributed by atoms with E-state index in [9.17, 15) is 9.59 Å². The predicted octanol–water partition coefficient (Wildman–Crippen LogP) is 3.19. The summed E-state index contributed by atoms with van der Waals surface area (Å²) in [4.78, 5) is 25.1. The van der Waals surface area contributed by atoms with Gasteiger partial charge in [0.15, 0.2) is 18.1 Å². The molecule has 1 aromatic carbocycles. The molecule has 1 N–H and O–H groups in total. The summed E-state index contributed by atoms with van der Waals surface area (Å²) in [5, 5.41) is 4.73. The van der Waals surface area contributed by atoms with E-state index in [0.717, 1.165) is 4.88 Å². The van der Waals surface area contributed by atoms with Crippen molar-refractivity contribution in [2.75, 3.05) is 20.3 Å². The molecule has 1 amide bonds. The van der Waals surface area contributed by atoms with Crippen LogP contribution in [0.1, 0.15) is 35.1 Å². The van der Waals surface area contributed by atoms with Crippen molar-refractivity contribution < 1.29 is 23.8 Å². The summed E-state index contributed by atoms with van der Waals surface area (Å²) in [6.45, 7) is 3.88. The average molecular weight is 363 g/mol. The van der Waals surface area contributed by atoms with Crippen LogP contribution in [-0.2, 0) is 9.53 Å². The molecule has 0 aliphatic rings. The van der Waals surface area contributed by atoms with Crippen LogP contribution < -0.4 is 14.8 Å². The van der Waals surface area contributed by atoms with Crippen molar-refractivity contribution in [2.45, 2.75) is 19.9 Å². The zero-order valence-corrected chi connectivity index (χ0v) is 15.2. The topological polar surface area (TPSA) is 73.9 Å². The third-order valence-electron chi connectivity index (χ3n) is 3.38. The molecule has 1 atom stereocenters. The van der Waals surface area contributed by atoms with Gasteiger partial charge in [-0.15, -0.1) is 11.3 Å². The van der Waals surface area contributed by atoms with Gasteiger partial charge in [-0.25, -0.2) is 4.79 Å². The monoisotopic (exact) mass is 363 g/mol. The van der Waals surface area contributed by atoms with Crippen LogP contribution in [0.5, 0.6) is 11.5 Å². The second-order valence-corrected chi connectivity index (χ2v) is 6.16. The molecule has 0 bridgehead atoms. The van der Waals surface area contributed by atoms with Gasteiger partial charge in [0, 0.05) is 4.88 Å². The minimum atomic E-state index is -0.597. The van der Waals surface area contributed by atoms with Gasteiger partial charge in [-0.3, -0.25) is 4.79 Å². The fraction of sp³-hybridized carbons (Fsp3) is 0.333. The van der Waals surface area contributed by atoms with Gasteiger partial charge in [-0.05, 0) is 43.5 Å². The van der Waals surface area contributed by atoms with Gasteiger partial charge in [0.25, 0.3) is 5.91 Å². The first kappa shape index (κ1) is 18.8. The number of nitrogens with one attached hydrogen (secondary N) is 1. The van der Waals surface area contributed by atoms with E-state index in [0.29, 0.717) is 23.7 Å². The van der Waals surface area contributed by atoms with Crippen LogP contribution in [0.15, 0.2) is 35.7 Å². The largest absolute Gasteiger partial charge is 0.493 e. The lowest BCUT2D eigenvalue weighted by Gasteiger charge is -2.13. The van der Waals surface area contributed by atoms with Gasteiger partial charge in [0.05, 0.1) is 25.3 Å². The molecule has 1 aromatic heterocycles. The van der Waals surface area contributed by atoms with Crippen molar-refractivity contribution in [3.05, 3.63) is 46.2 Å². The van der Waals surface area contributed by atoms with Crippen LogP contribution >= 0.6 is 11.3 Å². The first-order valence-electron chi connectivity index (χ1n) is 7.85. The number of carbonyl (C=O) groups is 2. The summed E-state index contributed by atoms with van der Waals surface area (Å²) in [7, 11) is 1.49. The highest BCUT2D eigenvalue weighted by atomic mass is 32.1. The van der Waals surface area contributed by atoms with Crippen LogP contribution in [0.4, 0.5) is 0 Å². The Morgan fingerprint density at radius 2 is 2.04 bits per heavy atom. The van der Waals surface area contributed by atoms with E-state index in [1.54, 1.807) is 23.5 Å². The fourth-order valence-corrected chi connectivity index (χ4v) is 2.91. The zero-order chi connectivity index (χ0) is 18.2. The van der Waals surface area contributed by atoms with Crippen LogP contribution in [0.3, 0.4) is 0 Å². The molecule has 134 valence electrons. The number of rotatable bonds is 8. The molecular formula is C18H21NO5S. The first-order valence-corrected chi connectivity index (χ1v) is 8.73. The number of carbonyl (C=O) groups excluding carboxylic acids is 2. The van der Waals surface area contributed by atoms with Crippen molar-refractivity contribution in [3.8, 4) is 11.5 Å². The average Bonchev–Trinajstić information content (AvgIpc) is 3.15. The van der Waals surface area contributed by atoms with Gasteiger partial charge < -0.3 is 19.5 Å². The summed E-state index contributed by atoms with van der Waals surface area (Å²) < 4.78 is 15.7. The Morgan fingerprint density at radius 1 is 1.24 bits per heavy atom. The molecule has 7 heteroatoms. The third kappa shape index (κ3) is 5.22. The van der Waals surface area contributed by atoms with Gasteiger partial charge in [-0.2, -0.15) is 0 Å². The van der Waals surface area contributed by atoms with Crippen LogP contribution in [0.25, 0.3) is 0 Å². The van der Waals surface area contributed by atoms with Gasteiger partial charge in [0.1, 0.15) is 0 Å². The SMILES string of the molecule is CCOc1ccc(C(=O)OCC(=O)NC(C)c2cccs2)cc1OC. The Hall–Kier alpha value is -2.54. The van der Waals surface area contributed by atoms with Crippen molar-refractivity contribution in [1.82, 2.24) is 5.32 Å². The number of hydrogen-bond donors (Lipinski definition) is 1. The van der Waals surface area contributed by atoms with E-state index in [2.05, 4.69) is 5.32 Å². The van der Waals surface area contributed by atoms with Crippen LogP contribution in [-0.4, -0.2) is 32.2 Å². The maximum Gasteiger partial charge on any atom is 0.338 e. The normalized spacial score (nSPS) is 11.5. The molecule has 1 unspecified atom stereocenters. The summed E-state index contributed by atoms with van der Waals surface area (Å²) in [5.41, 5.74) is 0.291. The minimum absolute atomic E-state index is 0.128. The van der Waals surface area contributed by atoms with E-state index in [1.165, 1.54) is 13.2 Å². The van der Waals surface area contributed by atoms with E-state index < -0.39 is 5.97 Å². The first-order chi connectivity index (χ1) is 12.0. The number of esters is 1. The Kier molecular flexibility index (Phi) is 6.82. The summed E-state index contributed by atoms with van der Waals surface area (Å²) in [6, 6.07) is 8.46. The lowest BCUT2D eigenvalue weighted by atomic mass is 10.2. The molecule has 0 radical (unpaired) electrons. The molecule has 2 rings (SSSR count). The van der Waals surface area contributed by atoms with Crippen molar-refractivity contribution in [3.63, 3.8) is 0 Å². The molecule has 0 aliphatic carbocycles. The molecule has 1 heterocycles. The quantitative estimate of drug-likeness (QED) is 0.729. The number of benzene rings is 1. The summed E-state index contributed by atoms with van der Waals surface area (Å²) in [5.74, 6) is 0.0311. The number of hydrogen-bond acceptors (Lipinski definition) is 6. The van der Waals surface area contributed by atoms with E-state index in [-0.39, 0.29) is 18.6 Å². The Balaban J connectivity index is 1.90. The van der Waals surface area contributed by atoms with Gasteiger partial charge >= 0.3 is 5.97 Å². The second kappa shape index (κ2) is 9.08. The van der Waals surface area contributed by atoms with Crippen molar-refractivity contribution in [1.29, 1.82) is 0 Å². The Bertz CT molecular complexity index is 714. The molecule has 0 fully saturated rings. The van der Waals surface area contributed by atoms with E-state index in [4.69, 9.17) is 14.2 Å². The highest BCUT2D eigenvalue weighted by Crippen LogP contribution is 2.28. The molecule has 0 saturated heterocycles. The highest BCUT2D eigenvalue weighted by molar-refractivity contribution is 7.10. The lowest BCUT2D eigenvalue weighted by Crippen LogP contribution is -2.30. The smallest absolute Gasteiger partial charge is 0.338 e. The second-order valence-electron chi connectivity index (χ2n) is 5.18. The molecule has 2 aromatic rings. The summed E-state index contributed by atoms with van der Waals surface area (Å²) >= 11 is 1.56. The van der Waals surface area contributed by atoms with Crippen LogP contribution in [0, 0.1) is 0 Å². The highest BCUT2D eigenvalue weighted by Gasteiger charge is 2.15. The Labute approximate surface area is 150 Å². The number of methoxy groups -OCH3 is 1. The molecule has 0 saturated carbocycles. The number of ether oxygens (including phenoxy) is 3. The molecule has 25 heavy (non-hydrogen) atoms. The van der Waals surface area contributed by atoms with Crippen molar-refractivity contribution in [2.24, 2.45) is 0 Å². The maximum absolute atomic E-state index is 12.1. The number of thiophene rings is 1. The number of amides is 1. The van der Waals surface area contributed by atoms with E-state index in [1.807, 2.05) is 31.4 Å². The third-order valence-corrected chi connectivity index (χ3v) is 4.44.